The number of aryl methyl sites for hydroxylation is 1. The van der Waals surface area contributed by atoms with Crippen LogP contribution in [0.3, 0.4) is 0 Å². The first-order chi connectivity index (χ1) is 13.9. The smallest absolute Gasteiger partial charge is 0.234 e. The lowest BCUT2D eigenvalue weighted by atomic mass is 10.1. The van der Waals surface area contributed by atoms with E-state index in [-0.39, 0.29) is 11.7 Å². The highest BCUT2D eigenvalue weighted by Gasteiger charge is 2.15. The van der Waals surface area contributed by atoms with Crippen molar-refractivity contribution in [1.29, 1.82) is 0 Å². The van der Waals surface area contributed by atoms with Crippen LogP contribution < -0.4 is 10.2 Å². The Kier molecular flexibility index (Phi) is 6.59. The molecule has 3 rings (SSSR count). The summed E-state index contributed by atoms with van der Waals surface area (Å²) >= 11 is 1.40. The van der Waals surface area contributed by atoms with Crippen LogP contribution >= 0.6 is 11.8 Å². The molecule has 2 aromatic carbocycles. The van der Waals surface area contributed by atoms with Crippen LogP contribution in [0.5, 0.6) is 0 Å². The van der Waals surface area contributed by atoms with Gasteiger partial charge in [-0.15, -0.1) is 10.2 Å². The summed E-state index contributed by atoms with van der Waals surface area (Å²) in [5.74, 6) is 1.04. The lowest BCUT2D eigenvalue weighted by Crippen LogP contribution is -2.15. The molecule has 0 saturated carbocycles. The van der Waals surface area contributed by atoms with Crippen molar-refractivity contribution in [3.63, 3.8) is 0 Å². The first-order valence-corrected chi connectivity index (χ1v) is 10.6. The Hall–Kier alpha value is -2.80. The van der Waals surface area contributed by atoms with E-state index in [1.54, 1.807) is 0 Å². The maximum absolute atomic E-state index is 12.5. The number of thioether (sulfide) groups is 1. The van der Waals surface area contributed by atoms with E-state index in [4.69, 9.17) is 0 Å². The fraction of sp³-hybridized carbons (Fsp3) is 0.318. The molecule has 0 atom stereocenters. The Bertz CT molecular complexity index is 1010. The Morgan fingerprint density at radius 1 is 1.14 bits per heavy atom. The highest BCUT2D eigenvalue weighted by atomic mass is 32.2. The van der Waals surface area contributed by atoms with E-state index in [0.29, 0.717) is 0 Å². The monoisotopic (exact) mass is 409 g/mol. The second kappa shape index (κ2) is 9.13. The second-order valence-electron chi connectivity index (χ2n) is 7.08. The molecule has 1 heterocycles. The molecule has 0 unspecified atom stereocenters. The Balaban J connectivity index is 1.73. The van der Waals surface area contributed by atoms with Gasteiger partial charge in [-0.05, 0) is 50.1 Å². The average Bonchev–Trinajstić information content (AvgIpc) is 3.13. The molecule has 7 heteroatoms. The van der Waals surface area contributed by atoms with Gasteiger partial charge >= 0.3 is 0 Å². The van der Waals surface area contributed by atoms with Crippen LogP contribution in [0.2, 0.25) is 0 Å². The molecule has 0 bridgehead atoms. The molecule has 0 fully saturated rings. The number of hydrogen-bond donors (Lipinski definition) is 1. The maximum Gasteiger partial charge on any atom is 0.234 e. The molecule has 6 nitrogen and oxygen atoms in total. The Morgan fingerprint density at radius 3 is 2.62 bits per heavy atom. The van der Waals surface area contributed by atoms with Crippen LogP contribution in [-0.2, 0) is 11.3 Å². The minimum atomic E-state index is -0.0505. The predicted molar refractivity (Wildman–Crippen MR) is 121 cm³/mol. The van der Waals surface area contributed by atoms with Crippen molar-refractivity contribution in [2.24, 2.45) is 0 Å². The van der Waals surface area contributed by atoms with E-state index in [1.807, 2.05) is 62.8 Å². The van der Waals surface area contributed by atoms with Gasteiger partial charge in [0.15, 0.2) is 11.0 Å². The maximum atomic E-state index is 12.5. The minimum absolute atomic E-state index is 0.0505. The van der Waals surface area contributed by atoms with Gasteiger partial charge in [-0.1, -0.05) is 36.0 Å². The topological polar surface area (TPSA) is 63.1 Å². The lowest BCUT2D eigenvalue weighted by Gasteiger charge is -2.14. The zero-order valence-corrected chi connectivity index (χ0v) is 18.4. The summed E-state index contributed by atoms with van der Waals surface area (Å²) in [6.07, 6.45) is 0. The summed E-state index contributed by atoms with van der Waals surface area (Å²) in [7, 11) is 4.03. The minimum Gasteiger partial charge on any atom is -0.378 e. The standard InChI is InChI=1S/C22H27N5OS/c1-6-27-21(17-10-8-11-18(13-17)26(4)5)24-25-22(27)29-14-20(28)23-19-12-7-9-15(2)16(19)3/h7-13H,6,14H2,1-5H3,(H,23,28). The number of rotatable bonds is 7. The molecule has 0 spiro atoms. The van der Waals surface area contributed by atoms with Crippen LogP contribution in [0.1, 0.15) is 18.1 Å². The molecule has 0 aliphatic heterocycles. The lowest BCUT2D eigenvalue weighted by molar-refractivity contribution is -0.113. The van der Waals surface area contributed by atoms with E-state index >= 15 is 0 Å². The van der Waals surface area contributed by atoms with E-state index < -0.39 is 0 Å². The molecule has 29 heavy (non-hydrogen) atoms. The van der Waals surface area contributed by atoms with Crippen molar-refractivity contribution in [3.05, 3.63) is 53.6 Å². The second-order valence-corrected chi connectivity index (χ2v) is 8.02. The normalized spacial score (nSPS) is 10.8. The molecular formula is C22H27N5OS. The first-order valence-electron chi connectivity index (χ1n) is 9.60. The number of carbonyl (C=O) groups is 1. The van der Waals surface area contributed by atoms with Crippen molar-refractivity contribution < 1.29 is 4.79 Å². The van der Waals surface area contributed by atoms with Crippen molar-refractivity contribution in [2.75, 3.05) is 30.1 Å². The molecule has 3 aromatic rings. The molecule has 152 valence electrons. The van der Waals surface area contributed by atoms with Crippen LogP contribution in [-0.4, -0.2) is 40.5 Å². The number of nitrogens with zero attached hydrogens (tertiary/aromatic N) is 4. The summed E-state index contributed by atoms with van der Waals surface area (Å²) < 4.78 is 2.05. The van der Waals surface area contributed by atoms with Gasteiger partial charge in [0.2, 0.25) is 5.91 Å². The highest BCUT2D eigenvalue weighted by Crippen LogP contribution is 2.27. The summed E-state index contributed by atoms with van der Waals surface area (Å²) in [5, 5.41) is 12.5. The SMILES string of the molecule is CCn1c(SCC(=O)Nc2cccc(C)c2C)nnc1-c1cccc(N(C)C)c1. The van der Waals surface area contributed by atoms with Gasteiger partial charge in [0.05, 0.1) is 5.75 Å². The molecular weight excluding hydrogens is 382 g/mol. The van der Waals surface area contributed by atoms with Gasteiger partial charge in [-0.3, -0.25) is 4.79 Å². The molecule has 1 amide bonds. The third kappa shape index (κ3) is 4.79. The van der Waals surface area contributed by atoms with E-state index in [2.05, 4.69) is 39.5 Å². The van der Waals surface area contributed by atoms with Gasteiger partial charge < -0.3 is 14.8 Å². The number of nitrogens with one attached hydrogen (secondary N) is 1. The van der Waals surface area contributed by atoms with Gasteiger partial charge in [-0.25, -0.2) is 0 Å². The van der Waals surface area contributed by atoms with Crippen LogP contribution in [0.15, 0.2) is 47.6 Å². The molecule has 1 N–H and O–H groups in total. The number of amides is 1. The first kappa shape index (κ1) is 20.9. The summed E-state index contributed by atoms with van der Waals surface area (Å²) in [6.45, 7) is 6.84. The highest BCUT2D eigenvalue weighted by molar-refractivity contribution is 7.99. The fourth-order valence-electron chi connectivity index (χ4n) is 3.02. The molecule has 1 aromatic heterocycles. The number of benzene rings is 2. The largest absolute Gasteiger partial charge is 0.378 e. The molecule has 0 radical (unpaired) electrons. The molecule has 0 saturated heterocycles. The number of aromatic nitrogens is 3. The third-order valence-corrected chi connectivity index (χ3v) is 5.83. The van der Waals surface area contributed by atoms with Gasteiger partial charge in [-0.2, -0.15) is 0 Å². The van der Waals surface area contributed by atoms with Gasteiger partial charge in [0.25, 0.3) is 0 Å². The van der Waals surface area contributed by atoms with E-state index in [1.165, 1.54) is 11.8 Å². The number of hydrogen-bond acceptors (Lipinski definition) is 5. The number of carbonyl (C=O) groups excluding carboxylic acids is 1. The number of anilines is 2. The van der Waals surface area contributed by atoms with E-state index in [0.717, 1.165) is 45.6 Å². The van der Waals surface area contributed by atoms with Crippen LogP contribution in [0.25, 0.3) is 11.4 Å². The van der Waals surface area contributed by atoms with Gasteiger partial charge in [0, 0.05) is 37.6 Å². The van der Waals surface area contributed by atoms with Crippen molar-refractivity contribution in [3.8, 4) is 11.4 Å². The predicted octanol–water partition coefficient (Wildman–Crippen LogP) is 4.38. The quantitative estimate of drug-likeness (QED) is 0.587. The zero-order valence-electron chi connectivity index (χ0n) is 17.6. The summed E-state index contributed by atoms with van der Waals surface area (Å²) in [5.41, 5.74) is 5.22. The van der Waals surface area contributed by atoms with Crippen LogP contribution in [0, 0.1) is 13.8 Å². The van der Waals surface area contributed by atoms with Gasteiger partial charge in [0.1, 0.15) is 0 Å². The molecule has 0 aliphatic rings. The van der Waals surface area contributed by atoms with Crippen LogP contribution in [0.4, 0.5) is 11.4 Å². The summed E-state index contributed by atoms with van der Waals surface area (Å²) in [4.78, 5) is 14.5. The fourth-order valence-corrected chi connectivity index (χ4v) is 3.82. The van der Waals surface area contributed by atoms with Crippen molar-refractivity contribution >= 4 is 29.0 Å². The Morgan fingerprint density at radius 2 is 1.90 bits per heavy atom. The van der Waals surface area contributed by atoms with Crippen molar-refractivity contribution in [2.45, 2.75) is 32.5 Å². The van der Waals surface area contributed by atoms with Crippen molar-refractivity contribution in [1.82, 2.24) is 14.8 Å². The Labute approximate surface area is 176 Å². The molecule has 0 aliphatic carbocycles. The summed E-state index contributed by atoms with van der Waals surface area (Å²) in [6, 6.07) is 14.1. The average molecular weight is 410 g/mol. The third-order valence-electron chi connectivity index (χ3n) is 4.86. The van der Waals surface area contributed by atoms with E-state index in [9.17, 15) is 4.79 Å². The zero-order chi connectivity index (χ0) is 21.0.